The normalized spacial score (nSPS) is 15.9. The number of rotatable bonds is 5. The SMILES string of the molecule is COc1ccc(C2C(C(C)=O)=C(C)N=c3sc(=Cc4ccc(F)cc4)c(=O)n32)c(OC)c1. The molecule has 1 aromatic heterocycles. The van der Waals surface area contributed by atoms with Crippen molar-refractivity contribution in [3.63, 3.8) is 0 Å². The van der Waals surface area contributed by atoms with E-state index in [9.17, 15) is 14.0 Å². The average molecular weight is 453 g/mol. The number of hydrogen-bond acceptors (Lipinski definition) is 6. The molecule has 0 N–H and O–H groups in total. The molecule has 3 aromatic rings. The predicted molar refractivity (Wildman–Crippen MR) is 120 cm³/mol. The first kappa shape index (κ1) is 21.7. The maximum Gasteiger partial charge on any atom is 0.271 e. The van der Waals surface area contributed by atoms with Crippen LogP contribution in [-0.2, 0) is 4.79 Å². The van der Waals surface area contributed by atoms with Crippen molar-refractivity contribution in [2.24, 2.45) is 4.99 Å². The van der Waals surface area contributed by atoms with Crippen molar-refractivity contribution in [2.75, 3.05) is 14.2 Å². The second kappa shape index (κ2) is 8.55. The molecule has 2 aromatic carbocycles. The molecule has 6 nitrogen and oxygen atoms in total. The average Bonchev–Trinajstić information content (AvgIpc) is 3.08. The van der Waals surface area contributed by atoms with E-state index < -0.39 is 6.04 Å². The predicted octanol–water partition coefficient (Wildman–Crippen LogP) is 2.98. The fourth-order valence-corrected chi connectivity index (χ4v) is 4.87. The molecule has 2 heterocycles. The van der Waals surface area contributed by atoms with Crippen molar-refractivity contribution < 1.29 is 18.7 Å². The van der Waals surface area contributed by atoms with Gasteiger partial charge in [-0.25, -0.2) is 9.38 Å². The van der Waals surface area contributed by atoms with Gasteiger partial charge in [-0.2, -0.15) is 0 Å². The third-order valence-corrected chi connectivity index (χ3v) is 6.29. The van der Waals surface area contributed by atoms with E-state index in [2.05, 4.69) is 4.99 Å². The molecule has 1 unspecified atom stereocenters. The fraction of sp³-hybridized carbons (Fsp3) is 0.208. The van der Waals surface area contributed by atoms with Gasteiger partial charge in [0.25, 0.3) is 5.56 Å². The number of ketones is 1. The Balaban J connectivity index is 1.99. The van der Waals surface area contributed by atoms with E-state index in [0.717, 1.165) is 0 Å². The number of carbonyl (C=O) groups excluding carboxylic acids is 1. The second-order valence-electron chi connectivity index (χ2n) is 7.30. The number of Topliss-reactive ketones (excluding diaryl/α,β-unsaturated/α-hetero) is 1. The molecule has 0 radical (unpaired) electrons. The Morgan fingerprint density at radius 3 is 2.50 bits per heavy atom. The van der Waals surface area contributed by atoms with E-state index in [1.807, 2.05) is 0 Å². The minimum absolute atomic E-state index is 0.179. The van der Waals surface area contributed by atoms with Crippen LogP contribution in [-0.4, -0.2) is 24.6 Å². The lowest BCUT2D eigenvalue weighted by Crippen LogP contribution is -2.39. The Labute approximate surface area is 187 Å². The first-order valence-electron chi connectivity index (χ1n) is 9.85. The lowest BCUT2D eigenvalue weighted by Gasteiger charge is -2.26. The van der Waals surface area contributed by atoms with Crippen LogP contribution in [0.5, 0.6) is 11.5 Å². The van der Waals surface area contributed by atoms with Crippen LogP contribution in [0.15, 0.2) is 63.5 Å². The number of fused-ring (bicyclic) bond motifs is 1. The van der Waals surface area contributed by atoms with Crippen LogP contribution in [0.4, 0.5) is 4.39 Å². The summed E-state index contributed by atoms with van der Waals surface area (Å²) < 4.78 is 26.1. The molecule has 1 aliphatic heterocycles. The quantitative estimate of drug-likeness (QED) is 0.597. The van der Waals surface area contributed by atoms with Gasteiger partial charge in [-0.15, -0.1) is 0 Å². The van der Waals surface area contributed by atoms with Gasteiger partial charge in [-0.1, -0.05) is 23.5 Å². The number of benzene rings is 2. The number of thiazole rings is 1. The maximum atomic E-state index is 13.5. The van der Waals surface area contributed by atoms with Crippen molar-refractivity contribution in [1.82, 2.24) is 4.57 Å². The molecule has 4 rings (SSSR count). The lowest BCUT2D eigenvalue weighted by molar-refractivity contribution is -0.114. The molecule has 1 aliphatic rings. The van der Waals surface area contributed by atoms with Crippen LogP contribution in [0.2, 0.25) is 0 Å². The number of hydrogen-bond donors (Lipinski definition) is 0. The first-order valence-corrected chi connectivity index (χ1v) is 10.7. The number of nitrogens with zero attached hydrogens (tertiary/aromatic N) is 2. The summed E-state index contributed by atoms with van der Waals surface area (Å²) in [6.07, 6.45) is 1.69. The highest BCUT2D eigenvalue weighted by molar-refractivity contribution is 7.07. The second-order valence-corrected chi connectivity index (χ2v) is 8.31. The number of halogens is 1. The Hall–Kier alpha value is -3.52. The summed E-state index contributed by atoms with van der Waals surface area (Å²) in [5.74, 6) is 0.564. The minimum Gasteiger partial charge on any atom is -0.497 e. The monoisotopic (exact) mass is 452 g/mol. The molecule has 0 bridgehead atoms. The first-order chi connectivity index (χ1) is 15.3. The van der Waals surface area contributed by atoms with E-state index in [1.165, 1.54) is 42.1 Å². The topological polar surface area (TPSA) is 69.9 Å². The van der Waals surface area contributed by atoms with Gasteiger partial charge in [0.1, 0.15) is 17.3 Å². The summed E-state index contributed by atoms with van der Waals surface area (Å²) in [7, 11) is 3.08. The number of allylic oxidation sites excluding steroid dienone is 2. The van der Waals surface area contributed by atoms with Crippen LogP contribution in [0.1, 0.15) is 31.0 Å². The maximum absolute atomic E-state index is 13.5. The Kier molecular flexibility index (Phi) is 5.80. The van der Waals surface area contributed by atoms with Gasteiger partial charge in [-0.3, -0.25) is 14.2 Å². The third kappa shape index (κ3) is 3.78. The lowest BCUT2D eigenvalue weighted by atomic mass is 9.92. The van der Waals surface area contributed by atoms with Crippen LogP contribution in [0.25, 0.3) is 6.08 Å². The Morgan fingerprint density at radius 2 is 1.88 bits per heavy atom. The van der Waals surface area contributed by atoms with Crippen molar-refractivity contribution in [1.29, 1.82) is 0 Å². The largest absolute Gasteiger partial charge is 0.497 e. The van der Waals surface area contributed by atoms with Crippen LogP contribution < -0.4 is 24.4 Å². The molecule has 0 saturated heterocycles. The van der Waals surface area contributed by atoms with Gasteiger partial charge in [-0.05, 0) is 49.8 Å². The summed E-state index contributed by atoms with van der Waals surface area (Å²) in [5, 5.41) is 0. The van der Waals surface area contributed by atoms with Gasteiger partial charge >= 0.3 is 0 Å². The van der Waals surface area contributed by atoms with E-state index in [-0.39, 0.29) is 17.2 Å². The third-order valence-electron chi connectivity index (χ3n) is 5.30. The molecule has 0 saturated carbocycles. The van der Waals surface area contributed by atoms with E-state index in [4.69, 9.17) is 9.47 Å². The fourth-order valence-electron chi connectivity index (χ4n) is 3.82. The minimum atomic E-state index is -0.694. The molecule has 8 heteroatoms. The van der Waals surface area contributed by atoms with E-state index in [0.29, 0.717) is 43.2 Å². The summed E-state index contributed by atoms with van der Waals surface area (Å²) in [5.41, 5.74) is 2.04. The van der Waals surface area contributed by atoms with Crippen LogP contribution in [0, 0.1) is 5.82 Å². The molecule has 164 valence electrons. The number of methoxy groups -OCH3 is 2. The molecular formula is C24H21FN2O4S. The Morgan fingerprint density at radius 1 is 1.16 bits per heavy atom. The van der Waals surface area contributed by atoms with Gasteiger partial charge in [0.2, 0.25) is 0 Å². The summed E-state index contributed by atoms with van der Waals surface area (Å²) >= 11 is 1.22. The van der Waals surface area contributed by atoms with Crippen LogP contribution in [0.3, 0.4) is 0 Å². The summed E-state index contributed by atoms with van der Waals surface area (Å²) in [6, 6.07) is 10.5. The van der Waals surface area contributed by atoms with Gasteiger partial charge in [0.15, 0.2) is 10.6 Å². The zero-order chi connectivity index (χ0) is 23.0. The van der Waals surface area contributed by atoms with Crippen molar-refractivity contribution in [2.45, 2.75) is 19.9 Å². The van der Waals surface area contributed by atoms with Crippen molar-refractivity contribution in [3.8, 4) is 11.5 Å². The zero-order valence-corrected chi connectivity index (χ0v) is 18.8. The number of ether oxygens (including phenoxy) is 2. The standard InChI is InChI=1S/C24H21FN2O4S/c1-13-21(14(2)28)22(18-10-9-17(30-3)12-19(18)31-4)27-23(29)20(32-24(27)26-13)11-15-5-7-16(25)8-6-15/h5-12,22H,1-4H3. The molecule has 1 atom stereocenters. The zero-order valence-electron chi connectivity index (χ0n) is 18.0. The smallest absolute Gasteiger partial charge is 0.271 e. The Bertz CT molecular complexity index is 1420. The molecule has 0 aliphatic carbocycles. The van der Waals surface area contributed by atoms with Gasteiger partial charge in [0.05, 0.1) is 24.8 Å². The summed E-state index contributed by atoms with van der Waals surface area (Å²) in [6.45, 7) is 3.22. The van der Waals surface area contributed by atoms with Gasteiger partial charge in [0, 0.05) is 22.9 Å². The van der Waals surface area contributed by atoms with E-state index >= 15 is 0 Å². The van der Waals surface area contributed by atoms with Gasteiger partial charge < -0.3 is 9.47 Å². The highest BCUT2D eigenvalue weighted by Gasteiger charge is 2.32. The molecule has 0 amide bonds. The van der Waals surface area contributed by atoms with Crippen molar-refractivity contribution >= 4 is 23.2 Å². The van der Waals surface area contributed by atoms with Crippen molar-refractivity contribution in [3.05, 3.63) is 90.4 Å². The highest BCUT2D eigenvalue weighted by atomic mass is 32.1. The highest BCUT2D eigenvalue weighted by Crippen LogP contribution is 2.37. The molecule has 0 spiro atoms. The molecular weight excluding hydrogens is 431 g/mol. The molecule has 32 heavy (non-hydrogen) atoms. The number of aromatic nitrogens is 1. The van der Waals surface area contributed by atoms with E-state index in [1.54, 1.807) is 50.4 Å². The number of carbonyl (C=O) groups is 1. The summed E-state index contributed by atoms with van der Waals surface area (Å²) in [4.78, 5) is 31.1. The molecule has 0 fully saturated rings. The van der Waals surface area contributed by atoms with Crippen LogP contribution >= 0.6 is 11.3 Å².